The Morgan fingerprint density at radius 3 is 2.79 bits per heavy atom. The number of thioether (sulfide) groups is 2. The summed E-state index contributed by atoms with van der Waals surface area (Å²) in [4.78, 5) is 52.4. The van der Waals surface area contributed by atoms with E-state index >= 15 is 0 Å². The standard InChI is InChI=1S/C20H21N3O4S2/c1-20-8-7-16(24)23(20)14(12-28-20)17(25)21-9-10-22-18(26)15(29-19(22)27)11-13-5-3-2-4-6-13/h2-6,11,14H,7-10,12H2,1H3,(H,21,25)/b15-11+. The lowest BCUT2D eigenvalue weighted by Gasteiger charge is -2.29. The van der Waals surface area contributed by atoms with Gasteiger partial charge in [0.2, 0.25) is 11.8 Å². The fourth-order valence-electron chi connectivity index (χ4n) is 3.82. The third-order valence-corrected chi connectivity index (χ3v) is 7.77. The van der Waals surface area contributed by atoms with Gasteiger partial charge in [-0.2, -0.15) is 0 Å². The normalized spacial score (nSPS) is 27.8. The van der Waals surface area contributed by atoms with Gasteiger partial charge < -0.3 is 10.2 Å². The van der Waals surface area contributed by atoms with Crippen molar-refractivity contribution < 1.29 is 19.2 Å². The van der Waals surface area contributed by atoms with Gasteiger partial charge in [-0.3, -0.25) is 24.1 Å². The van der Waals surface area contributed by atoms with Crippen LogP contribution in [0, 0.1) is 0 Å². The lowest BCUT2D eigenvalue weighted by atomic mass is 10.2. The van der Waals surface area contributed by atoms with E-state index in [9.17, 15) is 19.2 Å². The Labute approximate surface area is 177 Å². The quantitative estimate of drug-likeness (QED) is 0.720. The van der Waals surface area contributed by atoms with Crippen LogP contribution in [-0.4, -0.2) is 62.5 Å². The van der Waals surface area contributed by atoms with Crippen LogP contribution in [0.15, 0.2) is 35.2 Å². The lowest BCUT2D eigenvalue weighted by Crippen LogP contribution is -2.51. The Kier molecular flexibility index (Phi) is 5.44. The van der Waals surface area contributed by atoms with Crippen molar-refractivity contribution in [3.63, 3.8) is 0 Å². The number of rotatable bonds is 5. The SMILES string of the molecule is CC12CCC(=O)N1C(C(=O)NCCN1C(=O)S/C(=C/c3ccccc3)C1=O)CS2. The van der Waals surface area contributed by atoms with E-state index in [4.69, 9.17) is 0 Å². The van der Waals surface area contributed by atoms with Crippen LogP contribution in [0.4, 0.5) is 4.79 Å². The monoisotopic (exact) mass is 431 g/mol. The van der Waals surface area contributed by atoms with Crippen LogP contribution < -0.4 is 5.32 Å². The van der Waals surface area contributed by atoms with Gasteiger partial charge in [-0.15, -0.1) is 11.8 Å². The summed E-state index contributed by atoms with van der Waals surface area (Å²) in [5.41, 5.74) is 0.850. The number of imide groups is 1. The minimum atomic E-state index is -0.493. The highest BCUT2D eigenvalue weighted by molar-refractivity contribution is 8.18. The van der Waals surface area contributed by atoms with E-state index in [-0.39, 0.29) is 40.9 Å². The summed E-state index contributed by atoms with van der Waals surface area (Å²) < 4.78 is 0. The van der Waals surface area contributed by atoms with Crippen molar-refractivity contribution in [2.24, 2.45) is 0 Å². The molecule has 1 aromatic rings. The Morgan fingerprint density at radius 1 is 1.28 bits per heavy atom. The molecule has 2 atom stereocenters. The van der Waals surface area contributed by atoms with E-state index < -0.39 is 6.04 Å². The Bertz CT molecular complexity index is 904. The first-order valence-corrected chi connectivity index (χ1v) is 11.2. The van der Waals surface area contributed by atoms with E-state index in [1.807, 2.05) is 37.3 Å². The summed E-state index contributed by atoms with van der Waals surface area (Å²) in [5, 5.41) is 2.44. The molecule has 0 saturated carbocycles. The van der Waals surface area contributed by atoms with Crippen LogP contribution in [-0.2, 0) is 14.4 Å². The van der Waals surface area contributed by atoms with Gasteiger partial charge in [0.15, 0.2) is 0 Å². The van der Waals surface area contributed by atoms with Gasteiger partial charge in [0.05, 0.1) is 9.78 Å². The molecule has 0 bridgehead atoms. The zero-order valence-electron chi connectivity index (χ0n) is 15.9. The number of carbonyl (C=O) groups is 4. The molecule has 3 fully saturated rings. The van der Waals surface area contributed by atoms with Crippen molar-refractivity contribution in [3.05, 3.63) is 40.8 Å². The number of amides is 4. The van der Waals surface area contributed by atoms with E-state index in [0.29, 0.717) is 17.1 Å². The first-order chi connectivity index (χ1) is 13.9. The fourth-order valence-corrected chi connectivity index (χ4v) is 6.11. The number of benzene rings is 1. The zero-order valence-corrected chi connectivity index (χ0v) is 17.6. The van der Waals surface area contributed by atoms with Crippen molar-refractivity contribution in [1.29, 1.82) is 0 Å². The second kappa shape index (κ2) is 7.87. The second-order valence-electron chi connectivity index (χ2n) is 7.30. The molecule has 3 saturated heterocycles. The molecule has 3 aliphatic rings. The first kappa shape index (κ1) is 20.0. The maximum absolute atomic E-state index is 12.6. The maximum atomic E-state index is 12.6. The number of nitrogens with one attached hydrogen (secondary N) is 1. The summed E-state index contributed by atoms with van der Waals surface area (Å²) >= 11 is 2.53. The van der Waals surface area contributed by atoms with E-state index in [2.05, 4.69) is 5.32 Å². The Balaban J connectivity index is 1.33. The highest BCUT2D eigenvalue weighted by Crippen LogP contribution is 2.47. The van der Waals surface area contributed by atoms with Crippen LogP contribution in [0.3, 0.4) is 0 Å². The summed E-state index contributed by atoms with van der Waals surface area (Å²) in [5.74, 6) is -0.00938. The highest BCUT2D eigenvalue weighted by Gasteiger charge is 2.52. The molecule has 3 heterocycles. The van der Waals surface area contributed by atoms with Crippen LogP contribution in [0.2, 0.25) is 0 Å². The molecule has 1 N–H and O–H groups in total. The number of carbonyl (C=O) groups excluding carboxylic acids is 4. The number of nitrogens with zero attached hydrogens (tertiary/aromatic N) is 2. The van der Waals surface area contributed by atoms with E-state index in [1.54, 1.807) is 22.7 Å². The molecular formula is C20H21N3O4S2. The molecule has 0 radical (unpaired) electrons. The molecule has 0 aromatic heterocycles. The molecule has 2 unspecified atom stereocenters. The molecule has 0 spiro atoms. The first-order valence-electron chi connectivity index (χ1n) is 9.43. The minimum Gasteiger partial charge on any atom is -0.352 e. The van der Waals surface area contributed by atoms with Gasteiger partial charge in [0.25, 0.3) is 11.1 Å². The molecule has 3 aliphatic heterocycles. The van der Waals surface area contributed by atoms with E-state index in [1.165, 1.54) is 0 Å². The summed E-state index contributed by atoms with van der Waals surface area (Å²) in [6.45, 7) is 2.26. The zero-order chi connectivity index (χ0) is 20.6. The third-order valence-electron chi connectivity index (χ3n) is 5.35. The largest absolute Gasteiger partial charge is 0.352 e. The van der Waals surface area contributed by atoms with Crippen molar-refractivity contribution in [1.82, 2.24) is 15.1 Å². The number of hydrogen-bond donors (Lipinski definition) is 1. The molecule has 1 aromatic carbocycles. The van der Waals surface area contributed by atoms with Crippen LogP contribution in [0.5, 0.6) is 0 Å². The number of hydrogen-bond acceptors (Lipinski definition) is 6. The van der Waals surface area contributed by atoms with Crippen molar-refractivity contribution in [2.45, 2.75) is 30.7 Å². The minimum absolute atomic E-state index is 0.00893. The second-order valence-corrected chi connectivity index (χ2v) is 9.80. The summed E-state index contributed by atoms with van der Waals surface area (Å²) in [6, 6.07) is 8.84. The van der Waals surface area contributed by atoms with E-state index in [0.717, 1.165) is 28.6 Å². The molecule has 29 heavy (non-hydrogen) atoms. The highest BCUT2D eigenvalue weighted by atomic mass is 32.2. The smallest absolute Gasteiger partial charge is 0.293 e. The molecule has 0 aliphatic carbocycles. The predicted molar refractivity (Wildman–Crippen MR) is 113 cm³/mol. The van der Waals surface area contributed by atoms with Crippen molar-refractivity contribution in [2.75, 3.05) is 18.8 Å². The van der Waals surface area contributed by atoms with Gasteiger partial charge in [-0.05, 0) is 36.7 Å². The van der Waals surface area contributed by atoms with Gasteiger partial charge in [0.1, 0.15) is 6.04 Å². The summed E-state index contributed by atoms with van der Waals surface area (Å²) in [7, 11) is 0. The predicted octanol–water partition coefficient (Wildman–Crippen LogP) is 2.29. The summed E-state index contributed by atoms with van der Waals surface area (Å²) in [6.07, 6.45) is 2.92. The fraction of sp³-hybridized carbons (Fsp3) is 0.400. The molecule has 4 amide bonds. The lowest BCUT2D eigenvalue weighted by molar-refractivity contribution is -0.137. The van der Waals surface area contributed by atoms with Gasteiger partial charge in [-0.25, -0.2) is 0 Å². The topological polar surface area (TPSA) is 86.8 Å². The maximum Gasteiger partial charge on any atom is 0.293 e. The van der Waals surface area contributed by atoms with Crippen molar-refractivity contribution >= 4 is 52.6 Å². The van der Waals surface area contributed by atoms with Crippen LogP contribution in [0.1, 0.15) is 25.3 Å². The van der Waals surface area contributed by atoms with Crippen LogP contribution in [0.25, 0.3) is 6.08 Å². The molecule has 4 rings (SSSR count). The molecule has 7 nitrogen and oxygen atoms in total. The molecule has 152 valence electrons. The Hall–Kier alpha value is -2.26. The Morgan fingerprint density at radius 2 is 2.03 bits per heavy atom. The van der Waals surface area contributed by atoms with Gasteiger partial charge in [0, 0.05) is 25.3 Å². The third kappa shape index (κ3) is 3.81. The average Bonchev–Trinajstić information content (AvgIpc) is 3.29. The van der Waals surface area contributed by atoms with Crippen molar-refractivity contribution in [3.8, 4) is 0 Å². The van der Waals surface area contributed by atoms with Gasteiger partial charge >= 0.3 is 0 Å². The average molecular weight is 432 g/mol. The molecular weight excluding hydrogens is 410 g/mol. The van der Waals surface area contributed by atoms with Crippen LogP contribution >= 0.6 is 23.5 Å². The molecule has 9 heteroatoms. The van der Waals surface area contributed by atoms with Gasteiger partial charge in [-0.1, -0.05) is 30.3 Å². The number of fused-ring (bicyclic) bond motifs is 1.